The number of hydrogen-bond donors (Lipinski definition) is 1. The van der Waals surface area contributed by atoms with E-state index in [0.717, 1.165) is 11.1 Å². The van der Waals surface area contributed by atoms with E-state index in [-0.39, 0.29) is 5.69 Å². The Morgan fingerprint density at radius 2 is 2.10 bits per heavy atom. The van der Waals surface area contributed by atoms with Gasteiger partial charge >= 0.3 is 0 Å². The number of nitrogens with one attached hydrogen (secondary N) is 1. The van der Waals surface area contributed by atoms with Gasteiger partial charge in [0.15, 0.2) is 0 Å². The van der Waals surface area contributed by atoms with E-state index in [0.29, 0.717) is 17.1 Å². The molecule has 0 atom stereocenters. The number of nitro groups is 1. The Hall–Kier alpha value is -2.11. The maximum absolute atomic E-state index is 11.0. The predicted molar refractivity (Wildman–Crippen MR) is 87.3 cm³/mol. The molecular weight excluding hydrogens is 308 g/mol. The Morgan fingerprint density at radius 3 is 2.90 bits per heavy atom. The molecule has 2 aromatic carbocycles. The van der Waals surface area contributed by atoms with Crippen LogP contribution in [0, 0.1) is 10.1 Å². The first-order chi connectivity index (χ1) is 10.1. The lowest BCUT2D eigenvalue weighted by Gasteiger charge is -2.09. The highest BCUT2D eigenvalue weighted by Crippen LogP contribution is 2.28. The van der Waals surface area contributed by atoms with Crippen molar-refractivity contribution in [3.63, 3.8) is 0 Å². The van der Waals surface area contributed by atoms with Crippen LogP contribution in [0.1, 0.15) is 5.56 Å². The summed E-state index contributed by atoms with van der Waals surface area (Å²) in [6.07, 6.45) is 0. The summed E-state index contributed by atoms with van der Waals surface area (Å²) in [6, 6.07) is 12.8. The topological polar surface area (TPSA) is 55.2 Å². The number of thiophene rings is 1. The standard InChI is InChI=1S/C15H11ClN2O2S/c16-13-2-1-3-14(18(19)20)12(13)9-17-11-4-5-15-10(8-11)6-7-21-15/h1-8,17H,9H2. The van der Waals surface area contributed by atoms with Crippen LogP contribution in [0.4, 0.5) is 11.4 Å². The molecule has 3 rings (SSSR count). The van der Waals surface area contributed by atoms with E-state index in [9.17, 15) is 10.1 Å². The van der Waals surface area contributed by atoms with Crippen molar-refractivity contribution in [2.75, 3.05) is 5.32 Å². The Balaban J connectivity index is 1.85. The van der Waals surface area contributed by atoms with Crippen molar-refractivity contribution in [1.82, 2.24) is 0 Å². The fourth-order valence-electron chi connectivity index (χ4n) is 2.16. The molecule has 0 amide bonds. The number of hydrogen-bond acceptors (Lipinski definition) is 4. The summed E-state index contributed by atoms with van der Waals surface area (Å²) >= 11 is 7.76. The lowest BCUT2D eigenvalue weighted by atomic mass is 10.1. The number of benzene rings is 2. The second-order valence-corrected chi connectivity index (χ2v) is 5.88. The van der Waals surface area contributed by atoms with Crippen LogP contribution in [0.15, 0.2) is 47.8 Å². The fourth-order valence-corrected chi connectivity index (χ4v) is 3.17. The average Bonchev–Trinajstić information content (AvgIpc) is 2.93. The van der Waals surface area contributed by atoms with Crippen LogP contribution >= 0.6 is 22.9 Å². The van der Waals surface area contributed by atoms with Crippen LogP contribution in [0.2, 0.25) is 5.02 Å². The van der Waals surface area contributed by atoms with Gasteiger partial charge in [-0.3, -0.25) is 10.1 Å². The Bertz CT molecular complexity index is 816. The van der Waals surface area contributed by atoms with E-state index >= 15 is 0 Å². The lowest BCUT2D eigenvalue weighted by molar-refractivity contribution is -0.385. The molecule has 106 valence electrons. The quantitative estimate of drug-likeness (QED) is 0.539. The minimum absolute atomic E-state index is 0.0339. The molecule has 6 heteroatoms. The summed E-state index contributed by atoms with van der Waals surface area (Å²) in [5.74, 6) is 0. The van der Waals surface area contributed by atoms with Gasteiger partial charge < -0.3 is 5.32 Å². The zero-order valence-corrected chi connectivity index (χ0v) is 12.4. The minimum atomic E-state index is -0.412. The molecule has 0 aliphatic carbocycles. The smallest absolute Gasteiger partial charge is 0.275 e. The second kappa shape index (κ2) is 5.71. The number of anilines is 1. The Kier molecular flexibility index (Phi) is 3.77. The van der Waals surface area contributed by atoms with Crippen molar-refractivity contribution in [1.29, 1.82) is 0 Å². The SMILES string of the molecule is O=[N+]([O-])c1cccc(Cl)c1CNc1ccc2sccc2c1. The van der Waals surface area contributed by atoms with Gasteiger partial charge in [0.1, 0.15) is 0 Å². The predicted octanol–water partition coefficient (Wildman–Crippen LogP) is 5.08. The van der Waals surface area contributed by atoms with Crippen LogP contribution in [-0.4, -0.2) is 4.92 Å². The first-order valence-electron chi connectivity index (χ1n) is 6.28. The van der Waals surface area contributed by atoms with Crippen LogP contribution in [0.3, 0.4) is 0 Å². The van der Waals surface area contributed by atoms with Crippen molar-refractivity contribution in [2.24, 2.45) is 0 Å². The van der Waals surface area contributed by atoms with Crippen LogP contribution in [0.5, 0.6) is 0 Å². The first-order valence-corrected chi connectivity index (χ1v) is 7.54. The summed E-state index contributed by atoms with van der Waals surface area (Å²) in [6.45, 7) is 0.311. The maximum Gasteiger partial charge on any atom is 0.275 e. The first kappa shape index (κ1) is 13.9. The zero-order chi connectivity index (χ0) is 14.8. The van der Waals surface area contributed by atoms with Gasteiger partial charge in [0.25, 0.3) is 5.69 Å². The third kappa shape index (κ3) is 2.84. The van der Waals surface area contributed by atoms with Crippen molar-refractivity contribution < 1.29 is 4.92 Å². The summed E-state index contributed by atoms with van der Waals surface area (Å²) in [5, 5.41) is 17.8. The molecule has 1 heterocycles. The van der Waals surface area contributed by atoms with Crippen molar-refractivity contribution in [3.05, 3.63) is 68.5 Å². The molecule has 0 saturated heterocycles. The van der Waals surface area contributed by atoms with E-state index in [1.165, 1.54) is 10.8 Å². The number of nitro benzene ring substituents is 1. The third-order valence-corrected chi connectivity index (χ3v) is 4.46. The molecule has 0 radical (unpaired) electrons. The molecule has 0 saturated carbocycles. The van der Waals surface area contributed by atoms with Gasteiger partial charge in [-0.15, -0.1) is 11.3 Å². The van der Waals surface area contributed by atoms with Crippen LogP contribution < -0.4 is 5.32 Å². The molecule has 0 spiro atoms. The van der Waals surface area contributed by atoms with E-state index in [2.05, 4.69) is 5.32 Å². The summed E-state index contributed by atoms with van der Waals surface area (Å²) < 4.78 is 1.21. The van der Waals surface area contributed by atoms with Crippen LogP contribution in [0.25, 0.3) is 10.1 Å². The van der Waals surface area contributed by atoms with Gasteiger partial charge in [-0.2, -0.15) is 0 Å². The van der Waals surface area contributed by atoms with Gasteiger partial charge in [0, 0.05) is 23.0 Å². The normalized spacial score (nSPS) is 10.7. The maximum atomic E-state index is 11.0. The highest BCUT2D eigenvalue weighted by Gasteiger charge is 2.16. The lowest BCUT2D eigenvalue weighted by Crippen LogP contribution is -2.03. The molecule has 4 nitrogen and oxygen atoms in total. The Labute approximate surface area is 130 Å². The van der Waals surface area contributed by atoms with Crippen molar-refractivity contribution >= 4 is 44.4 Å². The molecule has 0 unspecified atom stereocenters. The molecule has 1 aromatic heterocycles. The average molecular weight is 319 g/mol. The highest BCUT2D eigenvalue weighted by molar-refractivity contribution is 7.17. The highest BCUT2D eigenvalue weighted by atomic mass is 35.5. The van der Waals surface area contributed by atoms with Crippen LogP contribution in [-0.2, 0) is 6.54 Å². The molecule has 0 bridgehead atoms. The molecule has 1 N–H and O–H groups in total. The fraction of sp³-hybridized carbons (Fsp3) is 0.0667. The van der Waals surface area contributed by atoms with Gasteiger partial charge in [0.05, 0.1) is 15.5 Å². The second-order valence-electron chi connectivity index (χ2n) is 4.52. The molecule has 21 heavy (non-hydrogen) atoms. The van der Waals surface area contributed by atoms with Crippen molar-refractivity contribution in [2.45, 2.75) is 6.54 Å². The molecule has 0 fully saturated rings. The van der Waals surface area contributed by atoms with Gasteiger partial charge in [-0.05, 0) is 41.1 Å². The summed E-state index contributed by atoms with van der Waals surface area (Å²) in [4.78, 5) is 10.6. The number of nitrogens with zero attached hydrogens (tertiary/aromatic N) is 1. The van der Waals surface area contributed by atoms with Gasteiger partial charge in [0.2, 0.25) is 0 Å². The van der Waals surface area contributed by atoms with E-state index in [1.807, 2.05) is 29.6 Å². The van der Waals surface area contributed by atoms with Gasteiger partial charge in [-0.25, -0.2) is 0 Å². The number of rotatable bonds is 4. The number of fused-ring (bicyclic) bond motifs is 1. The Morgan fingerprint density at radius 1 is 1.24 bits per heavy atom. The summed E-state index contributed by atoms with van der Waals surface area (Å²) in [7, 11) is 0. The monoisotopic (exact) mass is 318 g/mol. The largest absolute Gasteiger partial charge is 0.381 e. The van der Waals surface area contributed by atoms with Gasteiger partial charge in [-0.1, -0.05) is 17.7 Å². The molecule has 3 aromatic rings. The summed E-state index contributed by atoms with van der Waals surface area (Å²) in [5.41, 5.74) is 1.44. The third-order valence-electron chi connectivity index (χ3n) is 3.21. The molecule has 0 aliphatic heterocycles. The van der Waals surface area contributed by atoms with E-state index < -0.39 is 4.92 Å². The number of halogens is 1. The zero-order valence-electron chi connectivity index (χ0n) is 10.9. The van der Waals surface area contributed by atoms with E-state index in [4.69, 9.17) is 11.6 Å². The van der Waals surface area contributed by atoms with E-state index in [1.54, 1.807) is 23.5 Å². The van der Waals surface area contributed by atoms with Crippen molar-refractivity contribution in [3.8, 4) is 0 Å². The molecular formula is C15H11ClN2O2S. The minimum Gasteiger partial charge on any atom is -0.381 e. The molecule has 0 aliphatic rings.